The standard InChI is InChI=1S/C24H27ClN4O3S/c1-4-17-7-9-18(10-8-17)21(31)15-33-24-28-27-23(6-5-13-26-16(2)30)29(24)19-11-12-22(32-3)20(25)14-19/h7-12,14H,4-6,13,15H2,1-3H3,(H,26,30). The summed E-state index contributed by atoms with van der Waals surface area (Å²) in [5, 5.41) is 12.5. The van der Waals surface area contributed by atoms with Crippen molar-refractivity contribution in [3.8, 4) is 11.4 Å². The average Bonchev–Trinajstić information content (AvgIpc) is 3.22. The largest absolute Gasteiger partial charge is 0.495 e. The van der Waals surface area contributed by atoms with E-state index in [4.69, 9.17) is 16.3 Å². The number of carbonyl (C=O) groups is 2. The Bertz CT molecular complexity index is 1120. The van der Waals surface area contributed by atoms with Gasteiger partial charge >= 0.3 is 0 Å². The molecule has 1 N–H and O–H groups in total. The van der Waals surface area contributed by atoms with Gasteiger partial charge in [-0.2, -0.15) is 0 Å². The summed E-state index contributed by atoms with van der Waals surface area (Å²) >= 11 is 7.69. The summed E-state index contributed by atoms with van der Waals surface area (Å²) in [7, 11) is 1.56. The molecule has 0 aliphatic rings. The van der Waals surface area contributed by atoms with E-state index in [2.05, 4.69) is 22.4 Å². The predicted molar refractivity (Wildman–Crippen MR) is 131 cm³/mol. The highest BCUT2D eigenvalue weighted by molar-refractivity contribution is 7.99. The fraction of sp³-hybridized carbons (Fsp3) is 0.333. The van der Waals surface area contributed by atoms with Crippen LogP contribution in [0.25, 0.3) is 5.69 Å². The average molecular weight is 487 g/mol. The number of hydrogen-bond acceptors (Lipinski definition) is 6. The van der Waals surface area contributed by atoms with Crippen LogP contribution in [-0.2, 0) is 17.6 Å². The van der Waals surface area contributed by atoms with Crippen LogP contribution in [0.5, 0.6) is 5.75 Å². The maximum absolute atomic E-state index is 12.7. The molecule has 9 heteroatoms. The maximum Gasteiger partial charge on any atom is 0.216 e. The highest BCUT2D eigenvalue weighted by atomic mass is 35.5. The topological polar surface area (TPSA) is 86.1 Å². The first kappa shape index (κ1) is 24.8. The van der Waals surface area contributed by atoms with Crippen LogP contribution in [0, 0.1) is 0 Å². The lowest BCUT2D eigenvalue weighted by Gasteiger charge is -2.12. The van der Waals surface area contributed by atoms with Crippen LogP contribution in [0.1, 0.15) is 42.0 Å². The first-order chi connectivity index (χ1) is 15.9. The van der Waals surface area contributed by atoms with Gasteiger partial charge in [-0.1, -0.05) is 54.6 Å². The zero-order valence-corrected chi connectivity index (χ0v) is 20.5. The molecule has 0 saturated carbocycles. The Morgan fingerprint density at radius 1 is 1.15 bits per heavy atom. The van der Waals surface area contributed by atoms with E-state index >= 15 is 0 Å². The number of ether oxygens (including phenoxy) is 1. The second-order valence-electron chi connectivity index (χ2n) is 7.40. The molecule has 0 fully saturated rings. The van der Waals surface area contributed by atoms with Gasteiger partial charge in [0, 0.05) is 25.5 Å². The number of aryl methyl sites for hydroxylation is 2. The van der Waals surface area contributed by atoms with Crippen LogP contribution >= 0.6 is 23.4 Å². The van der Waals surface area contributed by atoms with Crippen molar-refractivity contribution in [3.05, 3.63) is 64.4 Å². The molecule has 3 aromatic rings. The molecule has 0 radical (unpaired) electrons. The van der Waals surface area contributed by atoms with E-state index in [0.717, 1.165) is 17.9 Å². The second-order valence-corrected chi connectivity index (χ2v) is 8.75. The minimum absolute atomic E-state index is 0.0252. The van der Waals surface area contributed by atoms with E-state index in [1.165, 1.54) is 24.2 Å². The lowest BCUT2D eigenvalue weighted by molar-refractivity contribution is -0.118. The number of aromatic nitrogens is 3. The Morgan fingerprint density at radius 2 is 1.91 bits per heavy atom. The monoisotopic (exact) mass is 486 g/mol. The van der Waals surface area contributed by atoms with Gasteiger partial charge in [0.1, 0.15) is 11.6 Å². The molecule has 0 aliphatic heterocycles. The number of carbonyl (C=O) groups excluding carboxylic acids is 2. The number of Topliss-reactive ketones (excluding diaryl/α,β-unsaturated/α-hetero) is 1. The smallest absolute Gasteiger partial charge is 0.216 e. The summed E-state index contributed by atoms with van der Waals surface area (Å²) in [6.45, 7) is 4.11. The van der Waals surface area contributed by atoms with E-state index in [0.29, 0.717) is 40.9 Å². The number of nitrogens with zero attached hydrogens (tertiary/aromatic N) is 3. The fourth-order valence-electron chi connectivity index (χ4n) is 3.26. The number of halogens is 1. The van der Waals surface area contributed by atoms with Crippen molar-refractivity contribution < 1.29 is 14.3 Å². The normalized spacial score (nSPS) is 10.8. The summed E-state index contributed by atoms with van der Waals surface area (Å²) in [5.41, 5.74) is 2.65. The van der Waals surface area contributed by atoms with Crippen LogP contribution in [0.3, 0.4) is 0 Å². The van der Waals surface area contributed by atoms with Crippen LogP contribution < -0.4 is 10.1 Å². The van der Waals surface area contributed by atoms with Gasteiger partial charge < -0.3 is 10.1 Å². The number of hydrogen-bond donors (Lipinski definition) is 1. The molecule has 0 atom stereocenters. The SMILES string of the molecule is CCc1ccc(C(=O)CSc2nnc(CCCNC(C)=O)n2-c2ccc(OC)c(Cl)c2)cc1. The highest BCUT2D eigenvalue weighted by Gasteiger charge is 2.17. The molecule has 0 saturated heterocycles. The molecule has 3 rings (SSSR count). The Balaban J connectivity index is 1.81. The predicted octanol–water partition coefficient (Wildman–Crippen LogP) is 4.54. The summed E-state index contributed by atoms with van der Waals surface area (Å²) in [6.07, 6.45) is 2.24. The number of methoxy groups -OCH3 is 1. The number of benzene rings is 2. The van der Waals surface area contributed by atoms with Crippen molar-refractivity contribution >= 4 is 35.1 Å². The van der Waals surface area contributed by atoms with Gasteiger partial charge in [0.15, 0.2) is 10.9 Å². The Kier molecular flexibility index (Phi) is 8.91. The van der Waals surface area contributed by atoms with Gasteiger partial charge in [-0.3, -0.25) is 14.2 Å². The van der Waals surface area contributed by atoms with E-state index in [1.54, 1.807) is 19.2 Å². The lowest BCUT2D eigenvalue weighted by Crippen LogP contribution is -2.21. The second kappa shape index (κ2) is 11.9. The molecule has 0 aliphatic carbocycles. The quantitative estimate of drug-likeness (QED) is 0.243. The van der Waals surface area contributed by atoms with E-state index in [-0.39, 0.29) is 17.4 Å². The van der Waals surface area contributed by atoms with Crippen molar-refractivity contribution in [2.24, 2.45) is 0 Å². The number of rotatable bonds is 11. The Labute approximate surface area is 202 Å². The molecule has 1 amide bonds. The van der Waals surface area contributed by atoms with Crippen molar-refractivity contribution in [1.29, 1.82) is 0 Å². The van der Waals surface area contributed by atoms with Crippen LogP contribution in [0.15, 0.2) is 47.6 Å². The molecule has 33 heavy (non-hydrogen) atoms. The summed E-state index contributed by atoms with van der Waals surface area (Å²) in [4.78, 5) is 23.9. The number of nitrogens with one attached hydrogen (secondary N) is 1. The molecule has 1 aromatic heterocycles. The molecular weight excluding hydrogens is 460 g/mol. The molecule has 0 bridgehead atoms. The first-order valence-corrected chi connectivity index (χ1v) is 12.1. The van der Waals surface area contributed by atoms with Gasteiger partial charge in [-0.05, 0) is 36.6 Å². The minimum atomic E-state index is -0.0693. The third-order valence-corrected chi connectivity index (χ3v) is 6.29. The van der Waals surface area contributed by atoms with Crippen LogP contribution in [-0.4, -0.2) is 45.9 Å². The third kappa shape index (κ3) is 6.58. The molecule has 0 unspecified atom stereocenters. The number of ketones is 1. The van der Waals surface area contributed by atoms with Crippen molar-refractivity contribution in [1.82, 2.24) is 20.1 Å². The molecule has 1 heterocycles. The fourth-order valence-corrected chi connectivity index (χ4v) is 4.38. The van der Waals surface area contributed by atoms with E-state index < -0.39 is 0 Å². The van der Waals surface area contributed by atoms with Crippen molar-refractivity contribution in [2.75, 3.05) is 19.4 Å². The van der Waals surface area contributed by atoms with Crippen molar-refractivity contribution in [2.45, 2.75) is 38.3 Å². The van der Waals surface area contributed by atoms with Gasteiger partial charge in [-0.25, -0.2) is 0 Å². The molecule has 174 valence electrons. The lowest BCUT2D eigenvalue weighted by atomic mass is 10.1. The zero-order chi connectivity index (χ0) is 23.8. The third-order valence-electron chi connectivity index (χ3n) is 5.06. The summed E-state index contributed by atoms with van der Waals surface area (Å²) in [6, 6.07) is 13.1. The Morgan fingerprint density at radius 3 is 2.55 bits per heavy atom. The van der Waals surface area contributed by atoms with Gasteiger partial charge in [0.05, 0.1) is 23.6 Å². The molecular formula is C24H27ClN4O3S. The van der Waals surface area contributed by atoms with Crippen LogP contribution in [0.2, 0.25) is 5.02 Å². The Hall–Kier alpha value is -2.84. The van der Waals surface area contributed by atoms with Crippen LogP contribution in [0.4, 0.5) is 0 Å². The summed E-state index contributed by atoms with van der Waals surface area (Å²) in [5.74, 6) is 1.49. The van der Waals surface area contributed by atoms with E-state index in [1.807, 2.05) is 34.9 Å². The number of thioether (sulfide) groups is 1. The molecule has 2 aromatic carbocycles. The molecule has 7 nitrogen and oxygen atoms in total. The van der Waals surface area contributed by atoms with Gasteiger partial charge in [-0.15, -0.1) is 10.2 Å². The zero-order valence-electron chi connectivity index (χ0n) is 18.9. The highest BCUT2D eigenvalue weighted by Crippen LogP contribution is 2.30. The summed E-state index contributed by atoms with van der Waals surface area (Å²) < 4.78 is 7.16. The van der Waals surface area contributed by atoms with Crippen molar-refractivity contribution in [3.63, 3.8) is 0 Å². The molecule has 0 spiro atoms. The van der Waals surface area contributed by atoms with Gasteiger partial charge in [0.2, 0.25) is 5.91 Å². The van der Waals surface area contributed by atoms with E-state index in [9.17, 15) is 9.59 Å². The first-order valence-electron chi connectivity index (χ1n) is 10.7. The minimum Gasteiger partial charge on any atom is -0.495 e. The van der Waals surface area contributed by atoms with Gasteiger partial charge in [0.25, 0.3) is 0 Å². The number of amides is 1. The maximum atomic E-state index is 12.7.